The normalized spacial score (nSPS) is 12.1. The van der Waals surface area contributed by atoms with Crippen LogP contribution in [0.4, 0.5) is 4.39 Å². The third-order valence-electron chi connectivity index (χ3n) is 3.16. The molecule has 0 bridgehead atoms. The smallest absolute Gasteiger partial charge is 0.276 e. The lowest BCUT2D eigenvalue weighted by atomic mass is 10.2. The van der Waals surface area contributed by atoms with Crippen LogP contribution >= 0.6 is 23.4 Å². The number of hydrogen-bond acceptors (Lipinski definition) is 6. The third-order valence-corrected chi connectivity index (χ3v) is 4.38. The maximum absolute atomic E-state index is 13.4. The molecular weight excluding hydrogens is 367 g/mol. The van der Waals surface area contributed by atoms with Gasteiger partial charge >= 0.3 is 0 Å². The van der Waals surface area contributed by atoms with Gasteiger partial charge in [-0.2, -0.15) is 0 Å². The van der Waals surface area contributed by atoms with E-state index in [2.05, 4.69) is 10.2 Å². The lowest BCUT2D eigenvalue weighted by molar-refractivity contribution is 0.123. The molecule has 25 heavy (non-hydrogen) atoms. The van der Waals surface area contributed by atoms with Gasteiger partial charge in [0.1, 0.15) is 6.61 Å². The maximum atomic E-state index is 13.4. The summed E-state index contributed by atoms with van der Waals surface area (Å²) >= 11 is 7.04. The van der Waals surface area contributed by atoms with Crippen LogP contribution in [-0.2, 0) is 0 Å². The average Bonchev–Trinajstić information content (AvgIpc) is 3.09. The number of rotatable bonds is 7. The Morgan fingerprint density at radius 1 is 1.16 bits per heavy atom. The van der Waals surface area contributed by atoms with Crippen molar-refractivity contribution >= 4 is 23.4 Å². The predicted octanol–water partition coefficient (Wildman–Crippen LogP) is 4.06. The summed E-state index contributed by atoms with van der Waals surface area (Å²) in [5.41, 5.74) is 0.757. The van der Waals surface area contributed by atoms with Gasteiger partial charge in [-0.3, -0.25) is 0 Å². The van der Waals surface area contributed by atoms with Crippen LogP contribution < -0.4 is 4.74 Å². The van der Waals surface area contributed by atoms with Gasteiger partial charge in [0, 0.05) is 16.3 Å². The predicted molar refractivity (Wildman–Crippen MR) is 93.4 cm³/mol. The summed E-state index contributed by atoms with van der Waals surface area (Å²) < 4.78 is 24.2. The van der Waals surface area contributed by atoms with Gasteiger partial charge in [0.25, 0.3) is 5.22 Å². The molecule has 3 rings (SSSR count). The molecule has 1 N–H and O–H groups in total. The molecule has 5 nitrogen and oxygen atoms in total. The second kappa shape index (κ2) is 8.33. The number of thioether (sulfide) groups is 1. The first kappa shape index (κ1) is 17.7. The largest absolute Gasteiger partial charge is 0.488 e. The molecule has 8 heteroatoms. The Bertz CT molecular complexity index is 829. The van der Waals surface area contributed by atoms with Crippen LogP contribution in [0.3, 0.4) is 0 Å². The van der Waals surface area contributed by atoms with E-state index in [1.165, 1.54) is 23.9 Å². The van der Waals surface area contributed by atoms with Crippen LogP contribution in [0.5, 0.6) is 5.75 Å². The van der Waals surface area contributed by atoms with E-state index in [0.717, 1.165) is 5.56 Å². The van der Waals surface area contributed by atoms with Gasteiger partial charge in [0.15, 0.2) is 11.6 Å². The van der Waals surface area contributed by atoms with E-state index in [1.54, 1.807) is 36.4 Å². The summed E-state index contributed by atoms with van der Waals surface area (Å²) in [5, 5.41) is 18.8. The van der Waals surface area contributed by atoms with Crippen LogP contribution in [0, 0.1) is 5.82 Å². The molecule has 0 spiro atoms. The highest BCUT2D eigenvalue weighted by atomic mass is 35.5. The van der Waals surface area contributed by atoms with E-state index in [-0.39, 0.29) is 18.1 Å². The number of hydrogen-bond donors (Lipinski definition) is 1. The molecule has 3 aromatic rings. The van der Waals surface area contributed by atoms with Crippen molar-refractivity contribution in [2.24, 2.45) is 0 Å². The van der Waals surface area contributed by atoms with Crippen molar-refractivity contribution < 1.29 is 18.7 Å². The molecule has 1 aromatic heterocycles. The lowest BCUT2D eigenvalue weighted by Crippen LogP contribution is -2.20. The minimum atomic E-state index is -0.810. The minimum Gasteiger partial charge on any atom is -0.488 e. The molecule has 0 amide bonds. The molecule has 0 radical (unpaired) electrons. The molecule has 0 saturated heterocycles. The summed E-state index contributed by atoms with van der Waals surface area (Å²) in [7, 11) is 0. The first-order valence-electron chi connectivity index (χ1n) is 7.39. The van der Waals surface area contributed by atoms with E-state index in [9.17, 15) is 9.50 Å². The van der Waals surface area contributed by atoms with Crippen LogP contribution in [0.25, 0.3) is 11.5 Å². The highest BCUT2D eigenvalue weighted by Gasteiger charge is 2.13. The average molecular weight is 381 g/mol. The van der Waals surface area contributed by atoms with Gasteiger partial charge in [-0.25, -0.2) is 4.39 Å². The lowest BCUT2D eigenvalue weighted by Gasteiger charge is -2.11. The Labute approximate surface area is 152 Å². The van der Waals surface area contributed by atoms with Crippen molar-refractivity contribution in [3.8, 4) is 17.2 Å². The van der Waals surface area contributed by atoms with Gasteiger partial charge in [0.05, 0.1) is 6.10 Å². The number of aromatic nitrogens is 2. The van der Waals surface area contributed by atoms with E-state index >= 15 is 0 Å². The topological polar surface area (TPSA) is 68.4 Å². The van der Waals surface area contributed by atoms with E-state index in [0.29, 0.717) is 16.1 Å². The van der Waals surface area contributed by atoms with Crippen molar-refractivity contribution in [2.75, 3.05) is 12.4 Å². The number of halogens is 2. The molecule has 0 aliphatic rings. The van der Waals surface area contributed by atoms with Crippen LogP contribution in [-0.4, -0.2) is 33.8 Å². The van der Waals surface area contributed by atoms with Crippen molar-refractivity contribution in [1.29, 1.82) is 0 Å². The summed E-state index contributed by atoms with van der Waals surface area (Å²) in [6.45, 7) is -0.0356. The second-order valence-electron chi connectivity index (χ2n) is 5.09. The molecule has 0 aliphatic heterocycles. The second-order valence-corrected chi connectivity index (χ2v) is 6.49. The Hall–Kier alpha value is -2.09. The van der Waals surface area contributed by atoms with E-state index < -0.39 is 11.9 Å². The molecule has 0 aliphatic carbocycles. The molecular formula is C17H14ClFN2O3S. The highest BCUT2D eigenvalue weighted by Crippen LogP contribution is 2.25. The van der Waals surface area contributed by atoms with E-state index in [4.69, 9.17) is 20.8 Å². The number of aliphatic hydroxyl groups excluding tert-OH is 1. The molecule has 0 saturated carbocycles. The Kier molecular flexibility index (Phi) is 5.91. The molecule has 0 fully saturated rings. The monoisotopic (exact) mass is 380 g/mol. The van der Waals surface area contributed by atoms with Crippen LogP contribution in [0.1, 0.15) is 0 Å². The fourth-order valence-corrected chi connectivity index (χ4v) is 2.73. The zero-order valence-electron chi connectivity index (χ0n) is 12.9. The van der Waals surface area contributed by atoms with Crippen LogP contribution in [0.2, 0.25) is 5.02 Å². The molecule has 130 valence electrons. The quantitative estimate of drug-likeness (QED) is 0.623. The number of nitrogens with zero attached hydrogens (tertiary/aromatic N) is 2. The zero-order chi connectivity index (χ0) is 17.6. The van der Waals surface area contributed by atoms with Crippen molar-refractivity contribution in [1.82, 2.24) is 10.2 Å². The third kappa shape index (κ3) is 4.94. The summed E-state index contributed by atoms with van der Waals surface area (Å²) in [5.74, 6) is 0.286. The summed E-state index contributed by atoms with van der Waals surface area (Å²) in [6.07, 6.45) is -0.810. The Morgan fingerprint density at radius 2 is 1.92 bits per heavy atom. The van der Waals surface area contributed by atoms with Gasteiger partial charge < -0.3 is 14.3 Å². The summed E-state index contributed by atoms with van der Waals surface area (Å²) in [4.78, 5) is 0. The summed E-state index contributed by atoms with van der Waals surface area (Å²) in [6, 6.07) is 13.1. The van der Waals surface area contributed by atoms with Gasteiger partial charge in [-0.1, -0.05) is 35.5 Å². The standard InChI is InChI=1S/C17H14ClFN2O3S/c18-12-7-5-11(6-8-12)16-20-21-17(24-16)25-10-13(22)9-23-15-4-2-1-3-14(15)19/h1-8,13,22H,9-10H2/t13-/m1/s1. The van der Waals surface area contributed by atoms with Gasteiger partial charge in [-0.05, 0) is 36.4 Å². The SMILES string of the molecule is O[C@H](COc1ccccc1F)CSc1nnc(-c2ccc(Cl)cc2)o1. The molecule has 1 heterocycles. The first-order valence-corrected chi connectivity index (χ1v) is 8.76. The Morgan fingerprint density at radius 3 is 2.68 bits per heavy atom. The first-order chi connectivity index (χ1) is 12.1. The van der Waals surface area contributed by atoms with Gasteiger partial charge in [-0.15, -0.1) is 10.2 Å². The van der Waals surface area contributed by atoms with Crippen molar-refractivity contribution in [3.63, 3.8) is 0 Å². The molecule has 0 unspecified atom stereocenters. The molecule has 2 aromatic carbocycles. The minimum absolute atomic E-state index is 0.0356. The highest BCUT2D eigenvalue weighted by molar-refractivity contribution is 7.99. The maximum Gasteiger partial charge on any atom is 0.276 e. The molecule has 1 atom stereocenters. The van der Waals surface area contributed by atoms with Crippen molar-refractivity contribution in [2.45, 2.75) is 11.3 Å². The fraction of sp³-hybridized carbons (Fsp3) is 0.176. The van der Waals surface area contributed by atoms with Crippen molar-refractivity contribution in [3.05, 3.63) is 59.4 Å². The number of para-hydroxylation sites is 1. The van der Waals surface area contributed by atoms with Gasteiger partial charge in [0.2, 0.25) is 5.89 Å². The zero-order valence-corrected chi connectivity index (χ0v) is 14.5. The van der Waals surface area contributed by atoms with E-state index in [1.807, 2.05) is 0 Å². The number of ether oxygens (including phenoxy) is 1. The van der Waals surface area contributed by atoms with Crippen LogP contribution in [0.15, 0.2) is 58.2 Å². The fourth-order valence-electron chi connectivity index (χ4n) is 1.94. The Balaban J connectivity index is 1.50. The number of aliphatic hydroxyl groups is 1. The number of benzene rings is 2.